The lowest BCUT2D eigenvalue weighted by molar-refractivity contribution is -0.139. The molecule has 0 aromatic carbocycles. The molecule has 3 heterocycles. The van der Waals surface area contributed by atoms with Crippen LogP contribution in [0, 0.1) is 12.8 Å². The Morgan fingerprint density at radius 3 is 2.54 bits per heavy atom. The Bertz CT molecular complexity index is 682. The average molecular weight is 356 g/mol. The van der Waals surface area contributed by atoms with E-state index >= 15 is 0 Å². The number of rotatable bonds is 3. The third-order valence-electron chi connectivity index (χ3n) is 6.09. The van der Waals surface area contributed by atoms with Crippen molar-refractivity contribution in [3.05, 3.63) is 29.6 Å². The van der Waals surface area contributed by atoms with Gasteiger partial charge in [-0.05, 0) is 38.3 Å². The minimum atomic E-state index is -0.0304. The topological polar surface area (TPSA) is 56.8 Å². The summed E-state index contributed by atoms with van der Waals surface area (Å²) < 4.78 is 0. The van der Waals surface area contributed by atoms with Crippen molar-refractivity contribution < 1.29 is 9.59 Å². The Balaban J connectivity index is 1.28. The van der Waals surface area contributed by atoms with Crippen LogP contribution in [0.4, 0.5) is 0 Å². The van der Waals surface area contributed by atoms with Crippen molar-refractivity contribution in [3.8, 4) is 0 Å². The van der Waals surface area contributed by atoms with Gasteiger partial charge in [0.25, 0.3) is 5.91 Å². The lowest BCUT2D eigenvalue weighted by Gasteiger charge is -2.40. The molecule has 1 saturated carbocycles. The zero-order valence-electron chi connectivity index (χ0n) is 15.6. The Kier molecular flexibility index (Phi) is 4.94. The Morgan fingerprint density at radius 2 is 1.85 bits per heavy atom. The first-order valence-corrected chi connectivity index (χ1v) is 9.86. The summed E-state index contributed by atoms with van der Waals surface area (Å²) in [6.45, 7) is 6.78. The molecule has 2 amide bonds. The number of likely N-dealkylation sites (tertiary alicyclic amines) is 1. The van der Waals surface area contributed by atoms with Gasteiger partial charge in [-0.2, -0.15) is 0 Å². The van der Waals surface area contributed by atoms with Gasteiger partial charge in [-0.15, -0.1) is 0 Å². The molecule has 3 fully saturated rings. The summed E-state index contributed by atoms with van der Waals surface area (Å²) >= 11 is 0. The SMILES string of the molecule is Cc1cc(C(=O)N2CC(C(=O)N3CCCN(C4CCC4)CC3)C2)ccn1. The van der Waals surface area contributed by atoms with E-state index in [0.717, 1.165) is 44.3 Å². The summed E-state index contributed by atoms with van der Waals surface area (Å²) in [6, 6.07) is 4.31. The maximum atomic E-state index is 12.8. The second kappa shape index (κ2) is 7.35. The van der Waals surface area contributed by atoms with Crippen molar-refractivity contribution in [3.63, 3.8) is 0 Å². The molecular formula is C20H28N4O2. The summed E-state index contributed by atoms with van der Waals surface area (Å²) in [5.74, 6) is 0.208. The number of carbonyl (C=O) groups excluding carboxylic acids is 2. The van der Waals surface area contributed by atoms with Crippen LogP contribution < -0.4 is 0 Å². The van der Waals surface area contributed by atoms with E-state index in [2.05, 4.69) is 9.88 Å². The number of hydrogen-bond acceptors (Lipinski definition) is 4. The Hall–Kier alpha value is -1.95. The molecule has 0 radical (unpaired) electrons. The summed E-state index contributed by atoms with van der Waals surface area (Å²) in [7, 11) is 0. The summed E-state index contributed by atoms with van der Waals surface area (Å²) in [5, 5.41) is 0. The van der Waals surface area contributed by atoms with Gasteiger partial charge < -0.3 is 9.80 Å². The predicted octanol–water partition coefficient (Wildman–Crippen LogP) is 1.55. The molecular weight excluding hydrogens is 328 g/mol. The molecule has 1 aromatic rings. The molecule has 1 aliphatic carbocycles. The van der Waals surface area contributed by atoms with Crippen molar-refractivity contribution in [1.82, 2.24) is 19.7 Å². The molecule has 1 aromatic heterocycles. The smallest absolute Gasteiger partial charge is 0.254 e. The van der Waals surface area contributed by atoms with Crippen LogP contribution in [0.25, 0.3) is 0 Å². The lowest BCUT2D eigenvalue weighted by atomic mass is 9.91. The van der Waals surface area contributed by atoms with Gasteiger partial charge in [-0.25, -0.2) is 0 Å². The molecule has 3 aliphatic rings. The van der Waals surface area contributed by atoms with E-state index in [1.54, 1.807) is 23.2 Å². The van der Waals surface area contributed by atoms with Gasteiger partial charge in [0.2, 0.25) is 5.91 Å². The number of nitrogens with zero attached hydrogens (tertiary/aromatic N) is 4. The summed E-state index contributed by atoms with van der Waals surface area (Å²) in [6.07, 6.45) is 6.72. The quantitative estimate of drug-likeness (QED) is 0.825. The van der Waals surface area contributed by atoms with Gasteiger partial charge in [-0.3, -0.25) is 19.5 Å². The Morgan fingerprint density at radius 1 is 1.04 bits per heavy atom. The van der Waals surface area contributed by atoms with E-state index in [9.17, 15) is 9.59 Å². The highest BCUT2D eigenvalue weighted by molar-refractivity contribution is 5.96. The molecule has 4 rings (SSSR count). The zero-order chi connectivity index (χ0) is 18.1. The molecule has 6 nitrogen and oxygen atoms in total. The van der Waals surface area contributed by atoms with Crippen molar-refractivity contribution in [2.45, 2.75) is 38.6 Å². The standard InChI is InChI=1S/C20H28N4O2/c1-15-12-16(6-7-21-15)19(25)24-13-17(14-24)20(26)23-9-3-8-22(10-11-23)18-4-2-5-18/h6-7,12,17-18H,2-5,8-11,13-14H2,1H3. The van der Waals surface area contributed by atoms with Gasteiger partial charge in [-0.1, -0.05) is 6.42 Å². The van der Waals surface area contributed by atoms with Crippen LogP contribution in [0.5, 0.6) is 0 Å². The normalized spacial score (nSPS) is 22.5. The zero-order valence-corrected chi connectivity index (χ0v) is 15.6. The van der Waals surface area contributed by atoms with E-state index in [4.69, 9.17) is 0 Å². The monoisotopic (exact) mass is 356 g/mol. The highest BCUT2D eigenvalue weighted by atomic mass is 16.2. The first-order valence-electron chi connectivity index (χ1n) is 9.86. The lowest BCUT2D eigenvalue weighted by Crippen LogP contribution is -2.56. The van der Waals surface area contributed by atoms with Gasteiger partial charge in [0.05, 0.1) is 5.92 Å². The van der Waals surface area contributed by atoms with Crippen molar-refractivity contribution >= 4 is 11.8 Å². The molecule has 6 heteroatoms. The first-order chi connectivity index (χ1) is 12.6. The molecule has 0 bridgehead atoms. The van der Waals surface area contributed by atoms with Crippen LogP contribution in [-0.4, -0.2) is 76.8 Å². The van der Waals surface area contributed by atoms with E-state index in [1.807, 2.05) is 11.8 Å². The third kappa shape index (κ3) is 3.47. The fourth-order valence-corrected chi connectivity index (χ4v) is 4.19. The first kappa shape index (κ1) is 17.5. The second-order valence-electron chi connectivity index (χ2n) is 7.89. The Labute approximate surface area is 155 Å². The van der Waals surface area contributed by atoms with Crippen LogP contribution in [0.1, 0.15) is 41.7 Å². The number of hydrogen-bond donors (Lipinski definition) is 0. The minimum absolute atomic E-state index is 0.00609. The van der Waals surface area contributed by atoms with E-state index in [1.165, 1.54) is 19.3 Å². The number of aryl methyl sites for hydroxylation is 1. The van der Waals surface area contributed by atoms with Crippen LogP contribution in [0.3, 0.4) is 0 Å². The van der Waals surface area contributed by atoms with Gasteiger partial charge >= 0.3 is 0 Å². The van der Waals surface area contributed by atoms with Crippen LogP contribution in [0.2, 0.25) is 0 Å². The third-order valence-corrected chi connectivity index (χ3v) is 6.09. The highest BCUT2D eigenvalue weighted by Crippen LogP contribution is 2.26. The molecule has 2 saturated heterocycles. The van der Waals surface area contributed by atoms with Crippen molar-refractivity contribution in [1.29, 1.82) is 0 Å². The summed E-state index contributed by atoms with van der Waals surface area (Å²) in [4.78, 5) is 35.8. The van der Waals surface area contributed by atoms with E-state index in [0.29, 0.717) is 18.7 Å². The average Bonchev–Trinajstić information content (AvgIpc) is 2.78. The fourth-order valence-electron chi connectivity index (χ4n) is 4.19. The summed E-state index contributed by atoms with van der Waals surface area (Å²) in [5.41, 5.74) is 1.50. The van der Waals surface area contributed by atoms with Crippen molar-refractivity contribution in [2.75, 3.05) is 39.3 Å². The van der Waals surface area contributed by atoms with Crippen molar-refractivity contribution in [2.24, 2.45) is 5.92 Å². The highest BCUT2D eigenvalue weighted by Gasteiger charge is 2.39. The van der Waals surface area contributed by atoms with Gasteiger partial charge in [0.15, 0.2) is 0 Å². The fraction of sp³-hybridized carbons (Fsp3) is 0.650. The number of aromatic nitrogens is 1. The maximum Gasteiger partial charge on any atom is 0.254 e. The molecule has 0 spiro atoms. The second-order valence-corrected chi connectivity index (χ2v) is 7.89. The molecule has 140 valence electrons. The molecule has 0 atom stereocenters. The minimum Gasteiger partial charge on any atom is -0.341 e. The molecule has 26 heavy (non-hydrogen) atoms. The number of amides is 2. The van der Waals surface area contributed by atoms with Crippen LogP contribution in [0.15, 0.2) is 18.3 Å². The maximum absolute atomic E-state index is 12.8. The van der Waals surface area contributed by atoms with Crippen LogP contribution >= 0.6 is 0 Å². The van der Waals surface area contributed by atoms with Gasteiger partial charge in [0.1, 0.15) is 0 Å². The molecule has 0 N–H and O–H groups in total. The number of carbonyl (C=O) groups is 2. The van der Waals surface area contributed by atoms with E-state index < -0.39 is 0 Å². The van der Waals surface area contributed by atoms with Crippen LogP contribution in [-0.2, 0) is 4.79 Å². The largest absolute Gasteiger partial charge is 0.341 e. The van der Waals surface area contributed by atoms with E-state index in [-0.39, 0.29) is 17.7 Å². The number of pyridine rings is 1. The molecule has 2 aliphatic heterocycles. The predicted molar refractivity (Wildman–Crippen MR) is 98.8 cm³/mol. The molecule has 0 unspecified atom stereocenters. The van der Waals surface area contributed by atoms with Gasteiger partial charge in [0, 0.05) is 62.8 Å².